The van der Waals surface area contributed by atoms with E-state index in [-0.39, 0.29) is 5.91 Å². The Kier molecular flexibility index (Phi) is 7.04. The topological polar surface area (TPSA) is 56.1 Å². The average Bonchev–Trinajstić information content (AvgIpc) is 3.19. The molecule has 1 N–H and O–H groups in total. The van der Waals surface area contributed by atoms with Gasteiger partial charge >= 0.3 is 0 Å². The first-order valence-electron chi connectivity index (χ1n) is 9.87. The Labute approximate surface area is 200 Å². The van der Waals surface area contributed by atoms with Crippen molar-refractivity contribution in [2.24, 2.45) is 0 Å². The summed E-state index contributed by atoms with van der Waals surface area (Å²) < 4.78 is 8.65. The Hall–Kier alpha value is -2.94. The van der Waals surface area contributed by atoms with Gasteiger partial charge in [-0.15, -0.1) is 5.10 Å². The first kappa shape index (κ1) is 22.3. The van der Waals surface area contributed by atoms with Gasteiger partial charge in [-0.3, -0.25) is 4.79 Å². The smallest absolute Gasteiger partial charge is 0.255 e. The molecule has 0 aliphatic heterocycles. The normalized spacial score (nSPS) is 10.7. The van der Waals surface area contributed by atoms with E-state index in [1.807, 2.05) is 55.5 Å². The monoisotopic (exact) mass is 479 g/mol. The third-order valence-electron chi connectivity index (χ3n) is 4.71. The van der Waals surface area contributed by atoms with E-state index >= 15 is 0 Å². The molecule has 0 radical (unpaired) electrons. The summed E-state index contributed by atoms with van der Waals surface area (Å²) >= 11 is 8.65. The highest BCUT2D eigenvalue weighted by Crippen LogP contribution is 2.28. The van der Waals surface area contributed by atoms with Crippen LogP contribution < -0.4 is 10.1 Å². The summed E-state index contributed by atoms with van der Waals surface area (Å²) in [5.41, 5.74) is 4.28. The fraction of sp³-hybridized carbons (Fsp3) is 0.125. The lowest BCUT2D eigenvalue weighted by Crippen LogP contribution is -2.13. The van der Waals surface area contributed by atoms with E-state index in [9.17, 15) is 4.79 Å². The Morgan fingerprint density at radius 2 is 1.88 bits per heavy atom. The summed E-state index contributed by atoms with van der Waals surface area (Å²) in [5.74, 6) is 1.25. The number of nitrogens with one attached hydrogen (secondary N) is 1. The summed E-state index contributed by atoms with van der Waals surface area (Å²) in [7, 11) is 1.58. The standard InChI is InChI=1S/C24H21N3O2S3/c1-16-8-13-21(29-2)20(14-16)25-22(28)18-9-11-19(12-10-18)27-24(30)32-23(26-27)31-15-17-6-4-3-5-7-17/h3-14H,15H2,1-2H3,(H,25,28). The molecule has 32 heavy (non-hydrogen) atoms. The highest BCUT2D eigenvalue weighted by atomic mass is 32.2. The SMILES string of the molecule is COc1ccc(C)cc1NC(=O)c1ccc(-n2nc(SCc3ccccc3)sc2=S)cc1. The number of hydrogen-bond acceptors (Lipinski definition) is 6. The third-order valence-corrected chi connectivity index (χ3v) is 7.15. The molecule has 8 heteroatoms. The number of benzene rings is 3. The molecule has 4 aromatic rings. The van der Waals surface area contributed by atoms with Crippen LogP contribution in [-0.2, 0) is 5.75 Å². The fourth-order valence-corrected chi connectivity index (χ4v) is 5.39. The van der Waals surface area contributed by atoms with Gasteiger partial charge in [-0.1, -0.05) is 59.5 Å². The lowest BCUT2D eigenvalue weighted by atomic mass is 10.1. The highest BCUT2D eigenvalue weighted by Gasteiger charge is 2.12. The van der Waals surface area contributed by atoms with Crippen LogP contribution in [0.4, 0.5) is 5.69 Å². The molecule has 5 nitrogen and oxygen atoms in total. The molecule has 0 spiro atoms. The number of carbonyl (C=O) groups excluding carboxylic acids is 1. The number of thioether (sulfide) groups is 1. The van der Waals surface area contributed by atoms with E-state index in [4.69, 9.17) is 17.0 Å². The van der Waals surface area contributed by atoms with Gasteiger partial charge in [-0.25, -0.2) is 4.68 Å². The van der Waals surface area contributed by atoms with Crippen molar-refractivity contribution in [1.82, 2.24) is 9.78 Å². The number of nitrogens with zero attached hydrogens (tertiary/aromatic N) is 2. The molecule has 3 aromatic carbocycles. The maximum Gasteiger partial charge on any atom is 0.255 e. The highest BCUT2D eigenvalue weighted by molar-refractivity contribution is 8.00. The number of ether oxygens (including phenoxy) is 1. The number of anilines is 1. The van der Waals surface area contributed by atoms with Crippen molar-refractivity contribution in [1.29, 1.82) is 0 Å². The van der Waals surface area contributed by atoms with E-state index in [0.717, 1.165) is 21.3 Å². The first-order valence-corrected chi connectivity index (χ1v) is 12.1. The van der Waals surface area contributed by atoms with Crippen molar-refractivity contribution >= 4 is 46.9 Å². The van der Waals surface area contributed by atoms with Crippen molar-refractivity contribution in [2.45, 2.75) is 17.0 Å². The minimum absolute atomic E-state index is 0.207. The molecular formula is C24H21N3O2S3. The molecule has 1 heterocycles. The van der Waals surface area contributed by atoms with Crippen molar-refractivity contribution < 1.29 is 9.53 Å². The van der Waals surface area contributed by atoms with Crippen LogP contribution in [0.25, 0.3) is 5.69 Å². The second kappa shape index (κ2) is 10.1. The van der Waals surface area contributed by atoms with E-state index in [2.05, 4.69) is 22.5 Å². The third kappa shape index (κ3) is 5.27. The summed E-state index contributed by atoms with van der Waals surface area (Å²) in [4.78, 5) is 12.7. The lowest BCUT2D eigenvalue weighted by Gasteiger charge is -2.11. The predicted octanol–water partition coefficient (Wildman–Crippen LogP) is 6.52. The van der Waals surface area contributed by atoms with Crippen LogP contribution in [0.2, 0.25) is 0 Å². The molecule has 0 aliphatic carbocycles. The molecule has 0 aliphatic rings. The predicted molar refractivity (Wildman–Crippen MR) is 134 cm³/mol. The molecule has 0 fully saturated rings. The van der Waals surface area contributed by atoms with E-state index in [1.54, 1.807) is 35.7 Å². The second-order valence-corrected chi connectivity index (χ2v) is 9.87. The fourth-order valence-electron chi connectivity index (χ4n) is 3.07. The number of amides is 1. The number of methoxy groups -OCH3 is 1. The quantitative estimate of drug-likeness (QED) is 0.241. The van der Waals surface area contributed by atoms with Gasteiger partial charge in [0.2, 0.25) is 0 Å². The first-order chi connectivity index (χ1) is 15.5. The van der Waals surface area contributed by atoms with Gasteiger partial charge in [0.15, 0.2) is 8.29 Å². The molecule has 1 amide bonds. The summed E-state index contributed by atoms with van der Waals surface area (Å²) in [6, 6.07) is 23.2. The zero-order valence-electron chi connectivity index (χ0n) is 17.6. The van der Waals surface area contributed by atoms with Crippen molar-refractivity contribution in [3.63, 3.8) is 0 Å². The van der Waals surface area contributed by atoms with Gasteiger partial charge < -0.3 is 10.1 Å². The van der Waals surface area contributed by atoms with Crippen molar-refractivity contribution in [2.75, 3.05) is 12.4 Å². The molecule has 1 aromatic heterocycles. The van der Waals surface area contributed by atoms with Crippen LogP contribution in [0.5, 0.6) is 5.75 Å². The molecule has 0 bridgehead atoms. The Morgan fingerprint density at radius 1 is 1.12 bits per heavy atom. The van der Waals surface area contributed by atoms with Crippen LogP contribution in [0.1, 0.15) is 21.5 Å². The number of aromatic nitrogens is 2. The van der Waals surface area contributed by atoms with Gasteiger partial charge in [0, 0.05) is 11.3 Å². The van der Waals surface area contributed by atoms with Gasteiger partial charge in [0.05, 0.1) is 18.5 Å². The minimum atomic E-state index is -0.207. The molecule has 4 rings (SSSR count). The molecular weight excluding hydrogens is 458 g/mol. The molecule has 0 atom stereocenters. The van der Waals surface area contributed by atoms with Crippen LogP contribution in [-0.4, -0.2) is 22.8 Å². The number of carbonyl (C=O) groups is 1. The second-order valence-electron chi connectivity index (χ2n) is 7.02. The largest absolute Gasteiger partial charge is 0.495 e. The Bertz CT molecular complexity index is 1280. The van der Waals surface area contributed by atoms with Gasteiger partial charge in [0.25, 0.3) is 5.91 Å². The van der Waals surface area contributed by atoms with Gasteiger partial charge in [-0.05, 0) is 66.7 Å². The molecule has 0 saturated carbocycles. The summed E-state index contributed by atoms with van der Waals surface area (Å²) in [6.45, 7) is 1.97. The Morgan fingerprint density at radius 3 is 2.59 bits per heavy atom. The number of rotatable bonds is 7. The zero-order chi connectivity index (χ0) is 22.5. The van der Waals surface area contributed by atoms with Crippen molar-refractivity contribution in [3.8, 4) is 11.4 Å². The number of hydrogen-bond donors (Lipinski definition) is 1. The Balaban J connectivity index is 1.47. The summed E-state index contributed by atoms with van der Waals surface area (Å²) in [6.07, 6.45) is 0. The van der Waals surface area contributed by atoms with Crippen LogP contribution in [0.3, 0.4) is 0 Å². The van der Waals surface area contributed by atoms with E-state index in [1.165, 1.54) is 16.9 Å². The van der Waals surface area contributed by atoms with E-state index < -0.39 is 0 Å². The van der Waals surface area contributed by atoms with Crippen molar-refractivity contribution in [3.05, 3.63) is 93.4 Å². The minimum Gasteiger partial charge on any atom is -0.495 e. The number of aryl methyl sites for hydroxylation is 1. The molecule has 162 valence electrons. The lowest BCUT2D eigenvalue weighted by molar-refractivity contribution is 0.102. The van der Waals surface area contributed by atoms with Crippen LogP contribution >= 0.6 is 35.3 Å². The van der Waals surface area contributed by atoms with E-state index in [0.29, 0.717) is 21.0 Å². The van der Waals surface area contributed by atoms with Crippen LogP contribution in [0, 0.1) is 10.9 Å². The van der Waals surface area contributed by atoms with Gasteiger partial charge in [-0.2, -0.15) is 0 Å². The van der Waals surface area contributed by atoms with Crippen LogP contribution in [0.15, 0.2) is 77.1 Å². The maximum absolute atomic E-state index is 12.7. The van der Waals surface area contributed by atoms with Gasteiger partial charge in [0.1, 0.15) is 5.75 Å². The average molecular weight is 480 g/mol. The molecule has 0 saturated heterocycles. The molecule has 0 unspecified atom stereocenters. The summed E-state index contributed by atoms with van der Waals surface area (Å²) in [5, 5.41) is 7.56. The zero-order valence-corrected chi connectivity index (χ0v) is 20.0. The maximum atomic E-state index is 12.7.